The lowest BCUT2D eigenvalue weighted by Crippen LogP contribution is -2.58. The summed E-state index contributed by atoms with van der Waals surface area (Å²) in [5.41, 5.74) is -1.17. The normalized spacial score (nSPS) is 20.2. The van der Waals surface area contributed by atoms with Gasteiger partial charge in [0.15, 0.2) is 0 Å². The largest absolute Gasteiger partial charge is 0.507 e. The first kappa shape index (κ1) is 18.6. The van der Waals surface area contributed by atoms with E-state index in [2.05, 4.69) is 0 Å². The van der Waals surface area contributed by atoms with Gasteiger partial charge in [0.2, 0.25) is 5.91 Å². The van der Waals surface area contributed by atoms with Crippen LogP contribution in [0.2, 0.25) is 0 Å². The number of nitrogens with zero attached hydrogens (tertiary/aromatic N) is 2. The Kier molecular flexibility index (Phi) is 4.25. The van der Waals surface area contributed by atoms with E-state index in [0.29, 0.717) is 9.80 Å². The lowest BCUT2D eigenvalue weighted by molar-refractivity contribution is -0.149. The van der Waals surface area contributed by atoms with Crippen LogP contribution in [0.15, 0.2) is 18.2 Å². The van der Waals surface area contributed by atoms with Gasteiger partial charge in [-0.05, 0) is 39.3 Å². The number of piperidine rings is 1. The number of rotatable bonds is 1. The van der Waals surface area contributed by atoms with Gasteiger partial charge < -0.3 is 9.84 Å². The van der Waals surface area contributed by atoms with Crippen LogP contribution < -0.4 is 0 Å². The average molecular weight is 374 g/mol. The molecule has 0 bridgehead atoms. The summed E-state index contributed by atoms with van der Waals surface area (Å²) in [6.07, 6.45) is -1.47. The molecule has 0 saturated carbocycles. The standard InChI is InChI=1S/C18H18N2O7/c1-18(2,3)27-17(26)20-12(22)8-7-10(15(20)24)19-14(23)9-5-4-6-11(21)13(9)16(19)25/h4-6,10,21H,7-8H2,1-3H3. The molecule has 0 spiro atoms. The molecule has 2 heterocycles. The Morgan fingerprint density at radius 1 is 1.15 bits per heavy atom. The zero-order valence-electron chi connectivity index (χ0n) is 15.0. The maximum atomic E-state index is 12.8. The first-order chi connectivity index (χ1) is 12.5. The molecule has 142 valence electrons. The predicted octanol–water partition coefficient (Wildman–Crippen LogP) is 1.44. The maximum Gasteiger partial charge on any atom is 0.424 e. The van der Waals surface area contributed by atoms with Gasteiger partial charge in [-0.3, -0.25) is 24.1 Å². The van der Waals surface area contributed by atoms with Gasteiger partial charge in [0, 0.05) is 6.42 Å². The molecule has 1 fully saturated rings. The van der Waals surface area contributed by atoms with Crippen molar-refractivity contribution >= 4 is 29.7 Å². The summed E-state index contributed by atoms with van der Waals surface area (Å²) < 4.78 is 5.08. The number of amides is 5. The highest BCUT2D eigenvalue weighted by Gasteiger charge is 2.50. The number of phenols is 1. The minimum atomic E-state index is -1.33. The van der Waals surface area contributed by atoms with Crippen LogP contribution >= 0.6 is 0 Å². The predicted molar refractivity (Wildman–Crippen MR) is 89.7 cm³/mol. The smallest absolute Gasteiger partial charge is 0.424 e. The molecule has 1 atom stereocenters. The van der Waals surface area contributed by atoms with Gasteiger partial charge in [-0.2, -0.15) is 4.90 Å². The fraction of sp³-hybridized carbons (Fsp3) is 0.389. The van der Waals surface area contributed by atoms with Crippen LogP contribution in [-0.4, -0.2) is 56.3 Å². The number of carbonyl (C=O) groups is 5. The third-order valence-corrected chi connectivity index (χ3v) is 4.20. The summed E-state index contributed by atoms with van der Waals surface area (Å²) in [6.45, 7) is 4.73. The zero-order valence-corrected chi connectivity index (χ0v) is 15.0. The molecule has 1 saturated heterocycles. The van der Waals surface area contributed by atoms with Gasteiger partial charge in [-0.1, -0.05) is 6.07 Å². The number of hydrogen-bond donors (Lipinski definition) is 1. The van der Waals surface area contributed by atoms with Crippen LogP contribution in [0.4, 0.5) is 4.79 Å². The highest BCUT2D eigenvalue weighted by atomic mass is 16.6. The Morgan fingerprint density at radius 2 is 1.81 bits per heavy atom. The molecule has 3 rings (SSSR count). The van der Waals surface area contributed by atoms with Crippen molar-refractivity contribution in [3.8, 4) is 5.75 Å². The second kappa shape index (κ2) is 6.19. The molecule has 2 aliphatic heterocycles. The van der Waals surface area contributed by atoms with E-state index in [4.69, 9.17) is 4.74 Å². The van der Waals surface area contributed by atoms with Crippen molar-refractivity contribution in [3.05, 3.63) is 29.3 Å². The molecule has 1 aromatic rings. The molecule has 9 nitrogen and oxygen atoms in total. The van der Waals surface area contributed by atoms with Crippen molar-refractivity contribution in [1.29, 1.82) is 0 Å². The van der Waals surface area contributed by atoms with E-state index in [1.807, 2.05) is 0 Å². The van der Waals surface area contributed by atoms with Crippen molar-refractivity contribution in [2.75, 3.05) is 0 Å². The number of carbonyl (C=O) groups excluding carboxylic acids is 5. The molecular weight excluding hydrogens is 356 g/mol. The average Bonchev–Trinajstić information content (AvgIpc) is 2.79. The number of phenolic OH excluding ortho intramolecular Hbond substituents is 1. The van der Waals surface area contributed by atoms with Crippen molar-refractivity contribution < 1.29 is 33.8 Å². The number of hydrogen-bond acceptors (Lipinski definition) is 7. The van der Waals surface area contributed by atoms with Gasteiger partial charge in [0.25, 0.3) is 17.7 Å². The number of likely N-dealkylation sites (tertiary alicyclic amines) is 1. The summed E-state index contributed by atoms with van der Waals surface area (Å²) in [6, 6.07) is 2.69. The van der Waals surface area contributed by atoms with E-state index in [-0.39, 0.29) is 29.7 Å². The van der Waals surface area contributed by atoms with Crippen LogP contribution in [-0.2, 0) is 14.3 Å². The third-order valence-electron chi connectivity index (χ3n) is 4.20. The Morgan fingerprint density at radius 3 is 2.41 bits per heavy atom. The highest BCUT2D eigenvalue weighted by Crippen LogP contribution is 2.33. The Labute approximate surface area is 154 Å². The second-order valence-corrected chi connectivity index (χ2v) is 7.28. The molecule has 1 unspecified atom stereocenters. The summed E-state index contributed by atoms with van der Waals surface area (Å²) in [4.78, 5) is 63.4. The van der Waals surface area contributed by atoms with E-state index in [9.17, 15) is 29.1 Å². The first-order valence-corrected chi connectivity index (χ1v) is 8.32. The molecule has 1 N–H and O–H groups in total. The Hall–Kier alpha value is -3.23. The van der Waals surface area contributed by atoms with Crippen molar-refractivity contribution in [3.63, 3.8) is 0 Å². The number of aromatic hydroxyl groups is 1. The molecule has 1 aromatic carbocycles. The van der Waals surface area contributed by atoms with E-state index in [1.54, 1.807) is 20.8 Å². The zero-order chi connectivity index (χ0) is 20.1. The van der Waals surface area contributed by atoms with E-state index >= 15 is 0 Å². The SMILES string of the molecule is CC(C)(C)OC(=O)N1C(=O)CCC(N2C(=O)c3cccc(O)c3C2=O)C1=O. The van der Waals surface area contributed by atoms with Crippen LogP contribution in [0.25, 0.3) is 0 Å². The van der Waals surface area contributed by atoms with Crippen LogP contribution in [0, 0.1) is 0 Å². The topological polar surface area (TPSA) is 121 Å². The van der Waals surface area contributed by atoms with Crippen molar-refractivity contribution in [1.82, 2.24) is 9.80 Å². The molecule has 27 heavy (non-hydrogen) atoms. The van der Waals surface area contributed by atoms with Crippen molar-refractivity contribution in [2.24, 2.45) is 0 Å². The Balaban J connectivity index is 1.92. The van der Waals surface area contributed by atoms with Gasteiger partial charge in [0.05, 0.1) is 11.1 Å². The molecule has 5 amide bonds. The molecule has 9 heteroatoms. The molecular formula is C18H18N2O7. The summed E-state index contributed by atoms with van der Waals surface area (Å²) in [5.74, 6) is -3.75. The van der Waals surface area contributed by atoms with Crippen LogP contribution in [0.5, 0.6) is 5.75 Å². The van der Waals surface area contributed by atoms with Gasteiger partial charge in [-0.25, -0.2) is 4.79 Å². The van der Waals surface area contributed by atoms with Crippen LogP contribution in [0.3, 0.4) is 0 Å². The Bertz CT molecular complexity index is 884. The van der Waals surface area contributed by atoms with Crippen LogP contribution in [0.1, 0.15) is 54.3 Å². The molecule has 0 radical (unpaired) electrons. The minimum Gasteiger partial charge on any atom is -0.507 e. The first-order valence-electron chi connectivity index (χ1n) is 8.32. The number of benzene rings is 1. The fourth-order valence-electron chi connectivity index (χ4n) is 3.07. The fourth-order valence-corrected chi connectivity index (χ4v) is 3.07. The molecule has 2 aliphatic rings. The number of imide groups is 4. The summed E-state index contributed by atoms with van der Waals surface area (Å²) in [7, 11) is 0. The van der Waals surface area contributed by atoms with Gasteiger partial charge >= 0.3 is 6.09 Å². The summed E-state index contributed by atoms with van der Waals surface area (Å²) >= 11 is 0. The van der Waals surface area contributed by atoms with Gasteiger partial charge in [0.1, 0.15) is 17.4 Å². The number of fused-ring (bicyclic) bond motifs is 1. The third kappa shape index (κ3) is 3.05. The van der Waals surface area contributed by atoms with E-state index < -0.39 is 41.4 Å². The second-order valence-electron chi connectivity index (χ2n) is 7.28. The summed E-state index contributed by atoms with van der Waals surface area (Å²) in [5, 5.41) is 9.89. The monoisotopic (exact) mass is 374 g/mol. The van der Waals surface area contributed by atoms with Crippen molar-refractivity contribution in [2.45, 2.75) is 45.3 Å². The lowest BCUT2D eigenvalue weighted by atomic mass is 10.0. The van der Waals surface area contributed by atoms with E-state index in [0.717, 1.165) is 0 Å². The van der Waals surface area contributed by atoms with E-state index in [1.165, 1.54) is 18.2 Å². The highest BCUT2D eigenvalue weighted by molar-refractivity contribution is 6.25. The number of ether oxygens (including phenoxy) is 1. The van der Waals surface area contributed by atoms with Gasteiger partial charge in [-0.15, -0.1) is 0 Å². The lowest BCUT2D eigenvalue weighted by Gasteiger charge is -2.34. The quantitative estimate of drug-likeness (QED) is 0.738. The maximum absolute atomic E-state index is 12.8. The molecule has 0 aromatic heterocycles. The molecule has 0 aliphatic carbocycles. The minimum absolute atomic E-state index is 0.0338.